The molecule has 0 aromatic heterocycles. The Balaban J connectivity index is 2.17. The molecule has 4 N–H and O–H groups in total. The molecule has 2 aliphatic rings. The first kappa shape index (κ1) is 12.2. The first-order valence-corrected chi connectivity index (χ1v) is 5.51. The second kappa shape index (κ2) is 4.52. The molecule has 7 heteroatoms. The average Bonchev–Trinajstić information content (AvgIpc) is 2.27. The Morgan fingerprint density at radius 1 is 1.47 bits per heavy atom. The van der Waals surface area contributed by atoms with E-state index in [4.69, 9.17) is 0 Å². The van der Waals surface area contributed by atoms with Gasteiger partial charge in [-0.05, 0) is 13.8 Å². The number of amidine groups is 2. The van der Waals surface area contributed by atoms with E-state index in [1.165, 1.54) is 6.92 Å². The molecule has 0 aliphatic carbocycles. The fourth-order valence-corrected chi connectivity index (χ4v) is 1.91. The van der Waals surface area contributed by atoms with Gasteiger partial charge in [-0.25, -0.2) is 4.99 Å². The number of nitrogens with zero attached hydrogens (tertiary/aromatic N) is 2. The SMILES string of the molecule is CC1=NC2=NC[C@H]([C@@H](O)[C@H](C)O)NC2C(=O)N1. The largest absolute Gasteiger partial charge is 0.391 e. The number of carbonyl (C=O) groups excluding carboxylic acids is 1. The molecule has 0 saturated carbocycles. The van der Waals surface area contributed by atoms with Crippen molar-refractivity contribution < 1.29 is 15.0 Å². The number of rotatable bonds is 2. The van der Waals surface area contributed by atoms with Gasteiger partial charge >= 0.3 is 0 Å². The lowest BCUT2D eigenvalue weighted by Crippen LogP contribution is -2.62. The van der Waals surface area contributed by atoms with Gasteiger partial charge < -0.3 is 15.5 Å². The number of hydrogen-bond donors (Lipinski definition) is 4. The number of aliphatic hydroxyl groups is 2. The summed E-state index contributed by atoms with van der Waals surface area (Å²) in [7, 11) is 0. The Bertz CT molecular complexity index is 391. The summed E-state index contributed by atoms with van der Waals surface area (Å²) in [5.41, 5.74) is 0. The number of aliphatic imine (C=N–C) groups is 2. The monoisotopic (exact) mass is 240 g/mol. The minimum absolute atomic E-state index is 0.237. The second-order valence-electron chi connectivity index (χ2n) is 4.32. The Kier molecular flexibility index (Phi) is 3.23. The third kappa shape index (κ3) is 2.36. The number of fused-ring (bicyclic) bond motifs is 1. The van der Waals surface area contributed by atoms with Gasteiger partial charge in [0.05, 0.1) is 24.8 Å². The molecule has 0 aromatic rings. The summed E-state index contributed by atoms with van der Waals surface area (Å²) >= 11 is 0. The van der Waals surface area contributed by atoms with Gasteiger partial charge in [-0.1, -0.05) is 0 Å². The van der Waals surface area contributed by atoms with Gasteiger partial charge in [0.2, 0.25) is 5.91 Å². The molecule has 2 rings (SSSR count). The van der Waals surface area contributed by atoms with Crippen LogP contribution in [0.5, 0.6) is 0 Å². The van der Waals surface area contributed by atoms with Crippen LogP contribution in [0.3, 0.4) is 0 Å². The number of aliphatic hydroxyl groups excluding tert-OH is 2. The molecule has 0 radical (unpaired) electrons. The van der Waals surface area contributed by atoms with Crippen molar-refractivity contribution in [3.63, 3.8) is 0 Å². The van der Waals surface area contributed by atoms with Crippen LogP contribution in [0.2, 0.25) is 0 Å². The minimum Gasteiger partial charge on any atom is -0.391 e. The zero-order valence-corrected chi connectivity index (χ0v) is 9.71. The van der Waals surface area contributed by atoms with Gasteiger partial charge in [0.15, 0.2) is 5.84 Å². The summed E-state index contributed by atoms with van der Waals surface area (Å²) in [5, 5.41) is 24.6. The molecular formula is C10H16N4O3. The lowest BCUT2D eigenvalue weighted by molar-refractivity contribution is -0.121. The maximum Gasteiger partial charge on any atom is 0.250 e. The zero-order valence-electron chi connectivity index (χ0n) is 9.71. The highest BCUT2D eigenvalue weighted by Crippen LogP contribution is 2.11. The van der Waals surface area contributed by atoms with Crippen LogP contribution < -0.4 is 10.6 Å². The van der Waals surface area contributed by atoms with E-state index in [1.54, 1.807) is 6.92 Å². The fourth-order valence-electron chi connectivity index (χ4n) is 1.91. The molecule has 0 spiro atoms. The van der Waals surface area contributed by atoms with Crippen LogP contribution in [0, 0.1) is 0 Å². The van der Waals surface area contributed by atoms with Crippen molar-refractivity contribution in [3.05, 3.63) is 0 Å². The summed E-state index contributed by atoms with van der Waals surface area (Å²) < 4.78 is 0. The third-order valence-electron chi connectivity index (χ3n) is 2.84. The summed E-state index contributed by atoms with van der Waals surface area (Å²) in [4.78, 5) is 20.0. The molecule has 94 valence electrons. The van der Waals surface area contributed by atoms with Gasteiger partial charge in [0, 0.05) is 0 Å². The van der Waals surface area contributed by atoms with Crippen LogP contribution >= 0.6 is 0 Å². The summed E-state index contributed by atoms with van der Waals surface area (Å²) in [5.74, 6) is 0.709. The molecule has 0 saturated heterocycles. The van der Waals surface area contributed by atoms with Crippen LogP contribution in [0.25, 0.3) is 0 Å². The minimum atomic E-state index is -0.958. The van der Waals surface area contributed by atoms with E-state index in [0.29, 0.717) is 18.2 Å². The van der Waals surface area contributed by atoms with Crippen molar-refractivity contribution in [2.24, 2.45) is 9.98 Å². The molecule has 2 aliphatic heterocycles. The Hall–Kier alpha value is -1.31. The highest BCUT2D eigenvalue weighted by Gasteiger charge is 2.37. The average molecular weight is 240 g/mol. The predicted octanol–water partition coefficient (Wildman–Crippen LogP) is -1.98. The fraction of sp³-hybridized carbons (Fsp3) is 0.700. The molecule has 0 aromatic carbocycles. The van der Waals surface area contributed by atoms with Gasteiger partial charge in [-0.15, -0.1) is 0 Å². The van der Waals surface area contributed by atoms with E-state index in [1.807, 2.05) is 0 Å². The van der Waals surface area contributed by atoms with Crippen molar-refractivity contribution in [1.82, 2.24) is 10.6 Å². The molecule has 17 heavy (non-hydrogen) atoms. The molecule has 7 nitrogen and oxygen atoms in total. The van der Waals surface area contributed by atoms with Crippen molar-refractivity contribution in [2.75, 3.05) is 6.54 Å². The quantitative estimate of drug-likeness (QED) is 0.448. The van der Waals surface area contributed by atoms with Crippen molar-refractivity contribution in [1.29, 1.82) is 0 Å². The maximum atomic E-state index is 11.7. The van der Waals surface area contributed by atoms with E-state index in [0.717, 1.165) is 0 Å². The van der Waals surface area contributed by atoms with Crippen molar-refractivity contribution in [3.8, 4) is 0 Å². The first-order chi connectivity index (χ1) is 7.99. The Labute approximate surface area is 98.7 Å². The Morgan fingerprint density at radius 2 is 2.18 bits per heavy atom. The summed E-state index contributed by atoms with van der Waals surface area (Å²) in [6, 6.07) is -1.09. The number of carbonyl (C=O) groups is 1. The van der Waals surface area contributed by atoms with Crippen LogP contribution in [0.1, 0.15) is 13.8 Å². The van der Waals surface area contributed by atoms with Crippen molar-refractivity contribution >= 4 is 17.6 Å². The lowest BCUT2D eigenvalue weighted by Gasteiger charge is -2.33. The van der Waals surface area contributed by atoms with E-state index in [2.05, 4.69) is 20.6 Å². The van der Waals surface area contributed by atoms with E-state index < -0.39 is 24.3 Å². The highest BCUT2D eigenvalue weighted by atomic mass is 16.3. The number of hydrogen-bond acceptors (Lipinski definition) is 6. The van der Waals surface area contributed by atoms with Gasteiger partial charge in [0.25, 0.3) is 0 Å². The highest BCUT2D eigenvalue weighted by molar-refractivity contribution is 6.19. The molecule has 4 atom stereocenters. The van der Waals surface area contributed by atoms with Crippen LogP contribution in [0.15, 0.2) is 9.98 Å². The molecule has 2 heterocycles. The van der Waals surface area contributed by atoms with E-state index in [9.17, 15) is 15.0 Å². The molecule has 1 amide bonds. The first-order valence-electron chi connectivity index (χ1n) is 5.51. The smallest absolute Gasteiger partial charge is 0.250 e. The predicted molar refractivity (Wildman–Crippen MR) is 62.0 cm³/mol. The zero-order chi connectivity index (χ0) is 12.6. The maximum absolute atomic E-state index is 11.7. The van der Waals surface area contributed by atoms with E-state index in [-0.39, 0.29) is 5.91 Å². The van der Waals surface area contributed by atoms with Crippen LogP contribution in [0.4, 0.5) is 0 Å². The lowest BCUT2D eigenvalue weighted by atomic mass is 10.0. The topological polar surface area (TPSA) is 106 Å². The molecule has 1 unspecified atom stereocenters. The molecule has 0 fully saturated rings. The van der Waals surface area contributed by atoms with Crippen LogP contribution in [-0.2, 0) is 4.79 Å². The normalized spacial score (nSPS) is 31.9. The number of amides is 1. The molecular weight excluding hydrogens is 224 g/mol. The van der Waals surface area contributed by atoms with E-state index >= 15 is 0 Å². The summed E-state index contributed by atoms with van der Waals surface area (Å²) in [6.07, 6.45) is -1.83. The summed E-state index contributed by atoms with van der Waals surface area (Å²) in [6.45, 7) is 3.48. The number of nitrogens with one attached hydrogen (secondary N) is 2. The second-order valence-corrected chi connectivity index (χ2v) is 4.32. The van der Waals surface area contributed by atoms with Gasteiger partial charge in [-0.2, -0.15) is 0 Å². The molecule has 0 bridgehead atoms. The standard InChI is InChI=1S/C10H16N4O3/c1-4(15)8(16)6-3-11-9-7(14-6)10(17)13-5(2)12-9/h4,6-8,14-16H,3H2,1-2H3,(H,11,12,13,17)/t4-,6+,7?,8-/m0/s1. The van der Waals surface area contributed by atoms with Crippen molar-refractivity contribution in [2.45, 2.75) is 38.1 Å². The Morgan fingerprint density at radius 3 is 2.82 bits per heavy atom. The van der Waals surface area contributed by atoms with Crippen LogP contribution in [-0.4, -0.2) is 58.6 Å². The third-order valence-corrected chi connectivity index (χ3v) is 2.84. The van der Waals surface area contributed by atoms with Gasteiger partial charge in [0.1, 0.15) is 11.9 Å². The van der Waals surface area contributed by atoms with Gasteiger partial charge in [-0.3, -0.25) is 15.1 Å².